The van der Waals surface area contributed by atoms with Gasteiger partial charge in [-0.25, -0.2) is 9.37 Å². The number of aromatic amines is 1. The molecule has 4 rings (SSSR count). The first-order chi connectivity index (χ1) is 14.5. The van der Waals surface area contributed by atoms with E-state index in [-0.39, 0.29) is 12.4 Å². The molecule has 7 nitrogen and oxygen atoms in total. The smallest absolute Gasteiger partial charge is 0.252 e. The van der Waals surface area contributed by atoms with Crippen molar-refractivity contribution in [2.45, 2.75) is 32.9 Å². The van der Waals surface area contributed by atoms with Gasteiger partial charge in [0.15, 0.2) is 0 Å². The molecule has 2 aromatic heterocycles. The minimum absolute atomic E-state index is 0.206. The summed E-state index contributed by atoms with van der Waals surface area (Å²) in [5, 5.41) is 4.05. The van der Waals surface area contributed by atoms with Crippen LogP contribution in [0.25, 0.3) is 22.4 Å². The molecule has 0 bridgehead atoms. The van der Waals surface area contributed by atoms with Crippen LogP contribution in [0.2, 0.25) is 0 Å². The lowest BCUT2D eigenvalue weighted by atomic mass is 10.2. The van der Waals surface area contributed by atoms with Gasteiger partial charge in [-0.2, -0.15) is 4.98 Å². The van der Waals surface area contributed by atoms with Crippen molar-refractivity contribution in [2.75, 3.05) is 18.6 Å². The van der Waals surface area contributed by atoms with Crippen LogP contribution in [0.15, 0.2) is 47.0 Å². The average molecular weight is 409 g/mol. The fraction of sp³-hybridized carbons (Fsp3) is 0.318. The molecule has 0 spiro atoms. The molecule has 1 N–H and O–H groups in total. The average Bonchev–Trinajstić information content (AvgIpc) is 3.37. The normalized spacial score (nSPS) is 11.5. The summed E-state index contributed by atoms with van der Waals surface area (Å²) in [6, 6.07) is 12.6. The van der Waals surface area contributed by atoms with Crippen molar-refractivity contribution >= 4 is 17.0 Å². The second-order valence-electron chi connectivity index (χ2n) is 7.44. The second-order valence-corrected chi connectivity index (χ2v) is 7.44. The first-order valence-electron chi connectivity index (χ1n) is 9.87. The van der Waals surface area contributed by atoms with Crippen molar-refractivity contribution < 1.29 is 13.7 Å². The highest BCUT2D eigenvalue weighted by molar-refractivity contribution is 5.82. The third-order valence-corrected chi connectivity index (χ3v) is 4.95. The molecule has 0 aliphatic heterocycles. The van der Waals surface area contributed by atoms with Gasteiger partial charge in [0.2, 0.25) is 11.8 Å². The Kier molecular flexibility index (Phi) is 5.76. The van der Waals surface area contributed by atoms with Gasteiger partial charge in [-0.1, -0.05) is 17.3 Å². The fourth-order valence-electron chi connectivity index (χ4n) is 3.02. The molecule has 156 valence electrons. The van der Waals surface area contributed by atoms with Gasteiger partial charge < -0.3 is 19.1 Å². The Balaban J connectivity index is 1.38. The fourth-order valence-corrected chi connectivity index (χ4v) is 3.02. The number of aromatic nitrogens is 4. The van der Waals surface area contributed by atoms with Crippen LogP contribution in [0.1, 0.15) is 25.3 Å². The molecule has 30 heavy (non-hydrogen) atoms. The Labute approximate surface area is 173 Å². The van der Waals surface area contributed by atoms with Crippen LogP contribution in [0.4, 0.5) is 10.3 Å². The van der Waals surface area contributed by atoms with E-state index in [0.29, 0.717) is 30.8 Å². The molecule has 0 amide bonds. The molecule has 2 heterocycles. The summed E-state index contributed by atoms with van der Waals surface area (Å²) in [6.07, 6.45) is 0.613. The minimum Gasteiger partial charge on any atom is -0.371 e. The summed E-state index contributed by atoms with van der Waals surface area (Å²) in [5.41, 5.74) is 3.51. The van der Waals surface area contributed by atoms with Gasteiger partial charge in [0.05, 0.1) is 17.6 Å². The Morgan fingerprint density at radius 1 is 1.17 bits per heavy atom. The lowest BCUT2D eigenvalue weighted by Gasteiger charge is -2.19. The van der Waals surface area contributed by atoms with Gasteiger partial charge >= 0.3 is 0 Å². The van der Waals surface area contributed by atoms with Crippen LogP contribution in [-0.2, 0) is 17.8 Å². The monoisotopic (exact) mass is 409 g/mol. The number of hydrogen-bond donors (Lipinski definition) is 1. The number of H-pyrrole nitrogens is 1. The highest BCUT2D eigenvalue weighted by Gasteiger charge is 2.13. The molecule has 4 aromatic rings. The number of nitrogens with zero attached hydrogens (tertiary/aromatic N) is 4. The van der Waals surface area contributed by atoms with Crippen molar-refractivity contribution in [3.05, 3.63) is 59.7 Å². The van der Waals surface area contributed by atoms with Crippen molar-refractivity contribution in [3.63, 3.8) is 0 Å². The number of ether oxygens (including phenoxy) is 1. The summed E-state index contributed by atoms with van der Waals surface area (Å²) < 4.78 is 24.1. The van der Waals surface area contributed by atoms with E-state index in [2.05, 4.69) is 38.9 Å². The number of imidazole rings is 1. The number of benzene rings is 2. The van der Waals surface area contributed by atoms with E-state index in [1.165, 1.54) is 12.1 Å². The first kappa shape index (κ1) is 20.0. The largest absolute Gasteiger partial charge is 0.371 e. The van der Waals surface area contributed by atoms with Crippen molar-refractivity contribution in [3.8, 4) is 11.4 Å². The number of hydrogen-bond acceptors (Lipinski definition) is 6. The molecule has 0 unspecified atom stereocenters. The highest BCUT2D eigenvalue weighted by Crippen LogP contribution is 2.24. The Morgan fingerprint density at radius 2 is 2.03 bits per heavy atom. The number of anilines is 1. The Bertz CT molecular complexity index is 1140. The minimum atomic E-state index is -0.244. The van der Waals surface area contributed by atoms with Gasteiger partial charge in [-0.05, 0) is 56.2 Å². The van der Waals surface area contributed by atoms with E-state index in [9.17, 15) is 4.39 Å². The summed E-state index contributed by atoms with van der Waals surface area (Å²) in [5.74, 6) is 1.46. The van der Waals surface area contributed by atoms with Crippen LogP contribution >= 0.6 is 0 Å². The standard InChI is InChI=1S/C22H24FN5O2/c1-14(2)28(3)22-24-18-8-7-16(12-19(18)25-22)21-26-20(30-27-21)13-29-10-9-15-5-4-6-17(23)11-15/h4-8,11-12,14H,9-10,13H2,1-3H3,(H,24,25). The molecule has 0 fully saturated rings. The summed E-state index contributed by atoms with van der Waals surface area (Å²) in [6.45, 7) is 4.87. The summed E-state index contributed by atoms with van der Waals surface area (Å²) in [4.78, 5) is 14.4. The van der Waals surface area contributed by atoms with Crippen LogP contribution in [0.5, 0.6) is 0 Å². The predicted octanol–water partition coefficient (Wildman–Crippen LogP) is 4.36. The zero-order valence-electron chi connectivity index (χ0n) is 17.2. The molecule has 0 saturated heterocycles. The van der Waals surface area contributed by atoms with E-state index in [1.807, 2.05) is 31.3 Å². The number of halogens is 1. The molecule has 8 heteroatoms. The zero-order chi connectivity index (χ0) is 21.1. The molecule has 0 radical (unpaired) electrons. The maximum absolute atomic E-state index is 13.2. The lowest BCUT2D eigenvalue weighted by Crippen LogP contribution is -2.26. The van der Waals surface area contributed by atoms with E-state index in [4.69, 9.17) is 9.26 Å². The molecule has 2 aromatic carbocycles. The van der Waals surface area contributed by atoms with Crippen LogP contribution in [0.3, 0.4) is 0 Å². The van der Waals surface area contributed by atoms with E-state index < -0.39 is 0 Å². The molecular formula is C22H24FN5O2. The van der Waals surface area contributed by atoms with Crippen LogP contribution < -0.4 is 4.90 Å². The van der Waals surface area contributed by atoms with Gasteiger partial charge in [0, 0.05) is 18.7 Å². The second kappa shape index (κ2) is 8.62. The summed E-state index contributed by atoms with van der Waals surface area (Å²) in [7, 11) is 2.00. The number of nitrogens with one attached hydrogen (secondary N) is 1. The molecule has 0 saturated carbocycles. The number of fused-ring (bicyclic) bond motifs is 1. The molecule has 0 aliphatic rings. The highest BCUT2D eigenvalue weighted by atomic mass is 19.1. The van der Waals surface area contributed by atoms with E-state index in [0.717, 1.165) is 28.1 Å². The quantitative estimate of drug-likeness (QED) is 0.436. The predicted molar refractivity (Wildman–Crippen MR) is 113 cm³/mol. The maximum atomic E-state index is 13.2. The van der Waals surface area contributed by atoms with Gasteiger partial charge in [-0.15, -0.1) is 0 Å². The van der Waals surface area contributed by atoms with Crippen molar-refractivity contribution in [1.82, 2.24) is 20.1 Å². The third-order valence-electron chi connectivity index (χ3n) is 4.95. The summed E-state index contributed by atoms with van der Waals surface area (Å²) >= 11 is 0. The van der Waals surface area contributed by atoms with Crippen LogP contribution in [-0.4, -0.2) is 39.8 Å². The van der Waals surface area contributed by atoms with Crippen molar-refractivity contribution in [1.29, 1.82) is 0 Å². The SMILES string of the molecule is CC(C)N(C)c1nc2ccc(-c3noc(COCCc4cccc(F)c4)n3)cc2[nH]1. The molecule has 0 atom stereocenters. The van der Waals surface area contributed by atoms with Crippen molar-refractivity contribution in [2.24, 2.45) is 0 Å². The van der Waals surface area contributed by atoms with E-state index in [1.54, 1.807) is 6.07 Å². The Morgan fingerprint density at radius 3 is 2.83 bits per heavy atom. The molecule has 0 aliphatic carbocycles. The zero-order valence-corrected chi connectivity index (χ0v) is 17.2. The van der Waals surface area contributed by atoms with E-state index >= 15 is 0 Å². The van der Waals surface area contributed by atoms with Crippen LogP contribution in [0, 0.1) is 5.82 Å². The Hall–Kier alpha value is -3.26. The first-order valence-corrected chi connectivity index (χ1v) is 9.87. The third kappa shape index (κ3) is 4.49. The number of rotatable bonds is 8. The van der Waals surface area contributed by atoms with Gasteiger partial charge in [0.25, 0.3) is 5.89 Å². The maximum Gasteiger partial charge on any atom is 0.252 e. The van der Waals surface area contributed by atoms with Gasteiger partial charge in [0.1, 0.15) is 12.4 Å². The topological polar surface area (TPSA) is 80.1 Å². The van der Waals surface area contributed by atoms with Gasteiger partial charge in [-0.3, -0.25) is 0 Å². The lowest BCUT2D eigenvalue weighted by molar-refractivity contribution is 0.100. The molecular weight excluding hydrogens is 385 g/mol.